The van der Waals surface area contributed by atoms with E-state index >= 15 is 0 Å². The van der Waals surface area contributed by atoms with E-state index in [2.05, 4.69) is 5.32 Å². The van der Waals surface area contributed by atoms with Crippen molar-refractivity contribution in [3.63, 3.8) is 0 Å². The Kier molecular flexibility index (Phi) is 6.15. The zero-order valence-electron chi connectivity index (χ0n) is 13.1. The molecule has 1 aromatic rings. The molecule has 1 rings (SSSR count). The van der Waals surface area contributed by atoms with E-state index in [1.807, 2.05) is 51.1 Å². The van der Waals surface area contributed by atoms with E-state index in [1.54, 1.807) is 6.08 Å². The highest BCUT2D eigenvalue weighted by Gasteiger charge is 2.18. The molecule has 0 aliphatic carbocycles. The molecule has 0 bridgehead atoms. The number of ether oxygens (including phenoxy) is 1. The summed E-state index contributed by atoms with van der Waals surface area (Å²) in [6.45, 7) is 6.90. The molecule has 0 saturated heterocycles. The van der Waals surface area contributed by atoms with Crippen LogP contribution >= 0.6 is 0 Å². The summed E-state index contributed by atoms with van der Waals surface area (Å²) in [6, 6.07) is 9.48. The van der Waals surface area contributed by atoms with Crippen LogP contribution in [0.15, 0.2) is 42.5 Å². The van der Waals surface area contributed by atoms with Crippen molar-refractivity contribution >= 4 is 11.9 Å². The third-order valence-corrected chi connectivity index (χ3v) is 2.56. The van der Waals surface area contributed by atoms with Gasteiger partial charge in [0.05, 0.1) is 6.04 Å². The Morgan fingerprint density at radius 1 is 1.24 bits per heavy atom. The number of alkyl carbamates (subject to hydrolysis) is 1. The first kappa shape index (κ1) is 17.0. The van der Waals surface area contributed by atoms with Gasteiger partial charge in [-0.05, 0) is 45.8 Å². The van der Waals surface area contributed by atoms with Crippen LogP contribution in [0.5, 0.6) is 0 Å². The summed E-state index contributed by atoms with van der Waals surface area (Å²) >= 11 is 0. The monoisotopic (exact) mass is 289 g/mol. The van der Waals surface area contributed by atoms with E-state index in [4.69, 9.17) is 4.74 Å². The fraction of sp³-hybridized carbons (Fsp3) is 0.412. The molecule has 0 unspecified atom stereocenters. The van der Waals surface area contributed by atoms with Gasteiger partial charge in [-0.25, -0.2) is 4.79 Å². The predicted molar refractivity (Wildman–Crippen MR) is 83.1 cm³/mol. The molecule has 0 aliphatic rings. The Hall–Kier alpha value is -2.10. The molecule has 1 aromatic carbocycles. The van der Waals surface area contributed by atoms with Crippen molar-refractivity contribution in [2.75, 3.05) is 0 Å². The van der Waals surface area contributed by atoms with Crippen LogP contribution in [0.4, 0.5) is 4.79 Å². The average molecular weight is 289 g/mol. The Labute approximate surface area is 126 Å². The van der Waals surface area contributed by atoms with Gasteiger partial charge in [0.2, 0.25) is 0 Å². The van der Waals surface area contributed by atoms with E-state index in [-0.39, 0.29) is 11.8 Å². The number of carbonyl (C=O) groups is 2. The lowest BCUT2D eigenvalue weighted by Gasteiger charge is -2.22. The van der Waals surface area contributed by atoms with Crippen molar-refractivity contribution in [1.82, 2.24) is 5.32 Å². The van der Waals surface area contributed by atoms with Gasteiger partial charge < -0.3 is 10.1 Å². The number of carbonyl (C=O) groups excluding carboxylic acids is 2. The molecular weight excluding hydrogens is 266 g/mol. The third kappa shape index (κ3) is 7.92. The number of ketones is 1. The van der Waals surface area contributed by atoms with Crippen molar-refractivity contribution in [2.24, 2.45) is 0 Å². The van der Waals surface area contributed by atoms with Gasteiger partial charge in [0.25, 0.3) is 0 Å². The molecule has 21 heavy (non-hydrogen) atoms. The first-order valence-electron chi connectivity index (χ1n) is 6.98. The lowest BCUT2D eigenvalue weighted by Crippen LogP contribution is -2.39. The van der Waals surface area contributed by atoms with E-state index < -0.39 is 11.7 Å². The van der Waals surface area contributed by atoms with Crippen LogP contribution < -0.4 is 5.32 Å². The van der Waals surface area contributed by atoms with Crippen LogP contribution in [-0.2, 0) is 16.0 Å². The highest BCUT2D eigenvalue weighted by Crippen LogP contribution is 2.09. The van der Waals surface area contributed by atoms with Crippen LogP contribution in [0.3, 0.4) is 0 Å². The molecule has 0 saturated carbocycles. The van der Waals surface area contributed by atoms with Crippen LogP contribution in [0, 0.1) is 0 Å². The fourth-order valence-corrected chi connectivity index (χ4v) is 1.75. The van der Waals surface area contributed by atoms with Crippen molar-refractivity contribution < 1.29 is 14.3 Å². The number of rotatable bonds is 5. The molecule has 1 amide bonds. The van der Waals surface area contributed by atoms with Gasteiger partial charge >= 0.3 is 6.09 Å². The number of amides is 1. The summed E-state index contributed by atoms with van der Waals surface area (Å²) in [5.41, 5.74) is 0.526. The van der Waals surface area contributed by atoms with Gasteiger partial charge in [0.1, 0.15) is 5.60 Å². The molecular formula is C17H23NO3. The molecule has 1 N–H and O–H groups in total. The minimum atomic E-state index is -0.550. The standard InChI is InChI=1S/C17H23NO3/c1-13(19)10-11-15(12-14-8-6-5-7-9-14)18-16(20)21-17(2,3)4/h5-11,15H,12H2,1-4H3,(H,18,20)/b11-10+/t15-/m1/s1. The van der Waals surface area contributed by atoms with E-state index in [9.17, 15) is 9.59 Å². The normalized spacial score (nSPS) is 13.0. The molecule has 0 radical (unpaired) electrons. The molecule has 0 aromatic heterocycles. The number of nitrogens with one attached hydrogen (secondary N) is 1. The summed E-state index contributed by atoms with van der Waals surface area (Å²) in [7, 11) is 0. The van der Waals surface area contributed by atoms with Crippen LogP contribution in [0.1, 0.15) is 33.3 Å². The van der Waals surface area contributed by atoms with E-state index in [0.29, 0.717) is 6.42 Å². The van der Waals surface area contributed by atoms with E-state index in [1.165, 1.54) is 13.0 Å². The average Bonchev–Trinajstić information content (AvgIpc) is 2.34. The predicted octanol–water partition coefficient (Wildman–Crippen LogP) is 3.27. The summed E-state index contributed by atoms with van der Waals surface area (Å²) in [5.74, 6) is -0.0564. The highest BCUT2D eigenvalue weighted by atomic mass is 16.6. The Bertz CT molecular complexity index is 501. The van der Waals surface area contributed by atoms with E-state index in [0.717, 1.165) is 5.56 Å². The Morgan fingerprint density at radius 3 is 2.38 bits per heavy atom. The number of hydrogen-bond donors (Lipinski definition) is 1. The molecule has 4 heteroatoms. The Morgan fingerprint density at radius 2 is 1.86 bits per heavy atom. The maximum atomic E-state index is 11.9. The largest absolute Gasteiger partial charge is 0.444 e. The molecule has 0 spiro atoms. The van der Waals surface area contributed by atoms with Crippen molar-refractivity contribution in [1.29, 1.82) is 0 Å². The van der Waals surface area contributed by atoms with Gasteiger partial charge in [-0.2, -0.15) is 0 Å². The van der Waals surface area contributed by atoms with Gasteiger partial charge in [0.15, 0.2) is 5.78 Å². The minimum Gasteiger partial charge on any atom is -0.444 e. The third-order valence-electron chi connectivity index (χ3n) is 2.56. The van der Waals surface area contributed by atoms with Crippen LogP contribution in [0.2, 0.25) is 0 Å². The van der Waals surface area contributed by atoms with Gasteiger partial charge in [-0.1, -0.05) is 36.4 Å². The first-order valence-corrected chi connectivity index (χ1v) is 6.98. The smallest absolute Gasteiger partial charge is 0.408 e. The zero-order valence-corrected chi connectivity index (χ0v) is 13.1. The van der Waals surface area contributed by atoms with Gasteiger partial charge in [0, 0.05) is 0 Å². The van der Waals surface area contributed by atoms with Crippen molar-refractivity contribution in [3.8, 4) is 0 Å². The lowest BCUT2D eigenvalue weighted by molar-refractivity contribution is -0.112. The van der Waals surface area contributed by atoms with Crippen LogP contribution in [-0.4, -0.2) is 23.5 Å². The molecule has 4 nitrogen and oxygen atoms in total. The number of benzene rings is 1. The molecule has 0 aliphatic heterocycles. The maximum absolute atomic E-state index is 11.9. The SMILES string of the molecule is CC(=O)/C=C/[C@H](Cc1ccccc1)NC(=O)OC(C)(C)C. The van der Waals surface area contributed by atoms with Crippen molar-refractivity contribution in [2.45, 2.75) is 45.8 Å². The van der Waals surface area contributed by atoms with Crippen molar-refractivity contribution in [3.05, 3.63) is 48.0 Å². The van der Waals surface area contributed by atoms with Gasteiger partial charge in [-0.3, -0.25) is 4.79 Å². The molecule has 0 fully saturated rings. The first-order chi connectivity index (χ1) is 9.76. The van der Waals surface area contributed by atoms with Crippen LogP contribution in [0.25, 0.3) is 0 Å². The zero-order chi connectivity index (χ0) is 15.9. The highest BCUT2D eigenvalue weighted by molar-refractivity contribution is 5.87. The second-order valence-electron chi connectivity index (χ2n) is 5.91. The summed E-state index contributed by atoms with van der Waals surface area (Å²) in [5, 5.41) is 2.78. The Balaban J connectivity index is 2.73. The number of hydrogen-bond acceptors (Lipinski definition) is 3. The fourth-order valence-electron chi connectivity index (χ4n) is 1.75. The second kappa shape index (κ2) is 7.62. The summed E-state index contributed by atoms with van der Waals surface area (Å²) in [6.07, 6.45) is 3.27. The topological polar surface area (TPSA) is 55.4 Å². The summed E-state index contributed by atoms with van der Waals surface area (Å²) in [4.78, 5) is 22.9. The molecule has 114 valence electrons. The van der Waals surface area contributed by atoms with Gasteiger partial charge in [-0.15, -0.1) is 0 Å². The lowest BCUT2D eigenvalue weighted by atomic mass is 10.1. The maximum Gasteiger partial charge on any atom is 0.408 e. The number of allylic oxidation sites excluding steroid dienone is 1. The second-order valence-corrected chi connectivity index (χ2v) is 5.91. The quantitative estimate of drug-likeness (QED) is 0.846. The molecule has 1 atom stereocenters. The molecule has 0 heterocycles. The summed E-state index contributed by atoms with van der Waals surface area (Å²) < 4.78 is 5.24. The minimum absolute atomic E-state index is 0.0564.